The van der Waals surface area contributed by atoms with E-state index < -0.39 is 15.9 Å². The number of methoxy groups -OCH3 is 1. The van der Waals surface area contributed by atoms with Gasteiger partial charge in [0.2, 0.25) is 11.8 Å². The van der Waals surface area contributed by atoms with Crippen molar-refractivity contribution in [2.45, 2.75) is 23.8 Å². The van der Waals surface area contributed by atoms with Gasteiger partial charge in [0.15, 0.2) is 0 Å². The first kappa shape index (κ1) is 17.6. The summed E-state index contributed by atoms with van der Waals surface area (Å²) in [6.45, 7) is 0. The standard InChI is InChI=1S/C18H18FN5O2S/c1-26-18-17-14(10-16(19)23-18)15(8-9-21-17)22-11-4-6-13(7-5-11)27(20,25)24-12-2-3-12/h4-10,12H,2-3H2,1H3,(H,21,22)(H2,20,24,25). The molecule has 2 heterocycles. The number of ether oxygens (including phenoxy) is 1. The number of anilines is 2. The molecule has 7 nitrogen and oxygen atoms in total. The molecule has 1 atom stereocenters. The molecule has 9 heteroatoms. The quantitative estimate of drug-likeness (QED) is 0.561. The van der Waals surface area contributed by atoms with E-state index in [9.17, 15) is 8.60 Å². The number of rotatable bonds is 6. The molecule has 0 aliphatic heterocycles. The number of fused-ring (bicyclic) bond motifs is 1. The Kier molecular flexibility index (Phi) is 4.40. The lowest BCUT2D eigenvalue weighted by molar-refractivity contribution is 0.392. The summed E-state index contributed by atoms with van der Waals surface area (Å²) in [5.74, 6) is -0.546. The van der Waals surface area contributed by atoms with Gasteiger partial charge in [-0.05, 0) is 43.2 Å². The number of hydrogen-bond donors (Lipinski definition) is 3. The third kappa shape index (κ3) is 3.69. The molecule has 0 spiro atoms. The van der Waals surface area contributed by atoms with E-state index in [-0.39, 0.29) is 11.9 Å². The van der Waals surface area contributed by atoms with Crippen LogP contribution in [0.3, 0.4) is 0 Å². The minimum absolute atomic E-state index is 0.115. The largest absolute Gasteiger partial charge is 0.479 e. The molecule has 1 unspecified atom stereocenters. The van der Waals surface area contributed by atoms with Crippen molar-refractivity contribution in [2.75, 3.05) is 12.4 Å². The Morgan fingerprint density at radius 1 is 1.26 bits per heavy atom. The highest BCUT2D eigenvalue weighted by Crippen LogP contribution is 2.30. The van der Waals surface area contributed by atoms with Crippen LogP contribution in [0.5, 0.6) is 5.88 Å². The van der Waals surface area contributed by atoms with Gasteiger partial charge in [0.05, 0.1) is 12.0 Å². The van der Waals surface area contributed by atoms with Gasteiger partial charge in [-0.15, -0.1) is 0 Å². The lowest BCUT2D eigenvalue weighted by Gasteiger charge is -2.12. The maximum atomic E-state index is 13.8. The summed E-state index contributed by atoms with van der Waals surface area (Å²) in [5.41, 5.74) is 1.79. The second-order valence-electron chi connectivity index (χ2n) is 6.31. The lowest BCUT2D eigenvalue weighted by Crippen LogP contribution is -2.24. The average molecular weight is 387 g/mol. The smallest absolute Gasteiger partial charge is 0.243 e. The Balaban J connectivity index is 1.63. The average Bonchev–Trinajstić information content (AvgIpc) is 3.45. The van der Waals surface area contributed by atoms with Crippen LogP contribution < -0.4 is 14.8 Å². The van der Waals surface area contributed by atoms with Crippen molar-refractivity contribution in [3.63, 3.8) is 0 Å². The number of hydrogen-bond acceptors (Lipinski definition) is 6. The van der Waals surface area contributed by atoms with Gasteiger partial charge in [0.1, 0.15) is 15.4 Å². The van der Waals surface area contributed by atoms with Crippen LogP contribution in [0.4, 0.5) is 15.8 Å². The third-order valence-corrected chi connectivity index (χ3v) is 5.83. The van der Waals surface area contributed by atoms with Crippen molar-refractivity contribution in [1.29, 1.82) is 4.78 Å². The summed E-state index contributed by atoms with van der Waals surface area (Å²) in [7, 11) is -1.59. The van der Waals surface area contributed by atoms with Crippen LogP contribution in [-0.2, 0) is 9.92 Å². The Morgan fingerprint density at radius 3 is 2.67 bits per heavy atom. The molecule has 1 saturated carbocycles. The van der Waals surface area contributed by atoms with Crippen LogP contribution in [0.2, 0.25) is 0 Å². The fourth-order valence-electron chi connectivity index (χ4n) is 2.73. The van der Waals surface area contributed by atoms with Crippen molar-refractivity contribution >= 4 is 32.2 Å². The molecule has 1 aliphatic carbocycles. The molecule has 27 heavy (non-hydrogen) atoms. The van der Waals surface area contributed by atoms with Crippen LogP contribution in [-0.4, -0.2) is 27.3 Å². The molecule has 0 bridgehead atoms. The maximum absolute atomic E-state index is 13.8. The SMILES string of the molecule is COc1nc(F)cc2c(Nc3ccc(S(=N)(=O)NC4CC4)cc3)ccnc12. The Bertz CT molecular complexity index is 1100. The first-order valence-electron chi connectivity index (χ1n) is 8.39. The Labute approximate surface area is 156 Å². The fraction of sp³-hybridized carbons (Fsp3) is 0.222. The number of nitrogens with one attached hydrogen (secondary N) is 3. The summed E-state index contributed by atoms with van der Waals surface area (Å²) in [6, 6.07) is 9.96. The van der Waals surface area contributed by atoms with Crippen molar-refractivity contribution in [3.8, 4) is 5.88 Å². The van der Waals surface area contributed by atoms with E-state index in [1.165, 1.54) is 13.2 Å². The molecule has 4 rings (SSSR count). The molecular weight excluding hydrogens is 369 g/mol. The number of halogens is 1. The summed E-state index contributed by atoms with van der Waals surface area (Å²) in [5, 5.41) is 3.73. The van der Waals surface area contributed by atoms with Gasteiger partial charge in [0, 0.05) is 35.1 Å². The first-order chi connectivity index (χ1) is 13.0. The summed E-state index contributed by atoms with van der Waals surface area (Å²) in [4.78, 5) is 8.33. The molecule has 2 aromatic heterocycles. The van der Waals surface area contributed by atoms with Gasteiger partial charge >= 0.3 is 0 Å². The summed E-state index contributed by atoms with van der Waals surface area (Å²) >= 11 is 0. The molecule has 3 N–H and O–H groups in total. The van der Waals surface area contributed by atoms with Gasteiger partial charge in [-0.1, -0.05) is 0 Å². The molecule has 3 aromatic rings. The molecular formula is C18H18FN5O2S. The molecule has 1 fully saturated rings. The van der Waals surface area contributed by atoms with Crippen LogP contribution in [0.15, 0.2) is 47.5 Å². The minimum Gasteiger partial charge on any atom is -0.479 e. The van der Waals surface area contributed by atoms with E-state index in [0.29, 0.717) is 27.2 Å². The topological polar surface area (TPSA) is 100.0 Å². The van der Waals surface area contributed by atoms with E-state index in [1.807, 2.05) is 0 Å². The molecule has 1 aliphatic rings. The fourth-order valence-corrected chi connectivity index (χ4v) is 4.09. The molecule has 0 radical (unpaired) electrons. The van der Waals surface area contributed by atoms with Crippen LogP contribution in [0.25, 0.3) is 10.9 Å². The molecule has 0 amide bonds. The zero-order valence-corrected chi connectivity index (χ0v) is 15.3. The minimum atomic E-state index is -3.00. The zero-order valence-electron chi connectivity index (χ0n) is 14.5. The normalized spacial score (nSPS) is 16.1. The van der Waals surface area contributed by atoms with E-state index >= 15 is 0 Å². The zero-order chi connectivity index (χ0) is 19.0. The van der Waals surface area contributed by atoms with E-state index in [2.05, 4.69) is 20.0 Å². The van der Waals surface area contributed by atoms with Gasteiger partial charge in [-0.2, -0.15) is 9.37 Å². The summed E-state index contributed by atoms with van der Waals surface area (Å²) in [6.07, 6.45) is 3.50. The van der Waals surface area contributed by atoms with E-state index in [1.54, 1.807) is 36.5 Å². The number of nitrogens with zero attached hydrogens (tertiary/aromatic N) is 2. The summed E-state index contributed by atoms with van der Waals surface area (Å²) < 4.78 is 42.2. The van der Waals surface area contributed by atoms with Crippen LogP contribution >= 0.6 is 0 Å². The van der Waals surface area contributed by atoms with Gasteiger partial charge in [0.25, 0.3) is 0 Å². The second-order valence-corrected chi connectivity index (χ2v) is 8.13. The van der Waals surface area contributed by atoms with Crippen molar-refractivity contribution < 1.29 is 13.3 Å². The van der Waals surface area contributed by atoms with Gasteiger partial charge in [-0.25, -0.2) is 13.7 Å². The van der Waals surface area contributed by atoms with Crippen LogP contribution in [0, 0.1) is 10.7 Å². The van der Waals surface area contributed by atoms with E-state index in [4.69, 9.17) is 9.52 Å². The third-order valence-electron chi connectivity index (χ3n) is 4.23. The van der Waals surface area contributed by atoms with Crippen molar-refractivity contribution in [3.05, 3.63) is 48.5 Å². The van der Waals surface area contributed by atoms with Crippen molar-refractivity contribution in [2.24, 2.45) is 0 Å². The maximum Gasteiger partial charge on any atom is 0.243 e. The number of pyridine rings is 2. The van der Waals surface area contributed by atoms with Gasteiger partial charge in [-0.3, -0.25) is 4.98 Å². The monoisotopic (exact) mass is 387 g/mol. The van der Waals surface area contributed by atoms with E-state index in [0.717, 1.165) is 12.8 Å². The lowest BCUT2D eigenvalue weighted by atomic mass is 10.2. The number of benzene rings is 1. The molecule has 1 aromatic carbocycles. The van der Waals surface area contributed by atoms with Gasteiger partial charge < -0.3 is 10.1 Å². The number of aromatic nitrogens is 2. The highest BCUT2D eigenvalue weighted by molar-refractivity contribution is 7.90. The predicted molar refractivity (Wildman–Crippen MR) is 101 cm³/mol. The highest BCUT2D eigenvalue weighted by atomic mass is 32.2. The second kappa shape index (κ2) is 6.75. The van der Waals surface area contributed by atoms with Crippen LogP contribution in [0.1, 0.15) is 12.8 Å². The van der Waals surface area contributed by atoms with Crippen molar-refractivity contribution in [1.82, 2.24) is 14.7 Å². The first-order valence-corrected chi connectivity index (χ1v) is 9.94. The Morgan fingerprint density at radius 2 is 2.00 bits per heavy atom. The Hall–Kier alpha value is -2.78. The molecule has 0 saturated heterocycles. The predicted octanol–water partition coefficient (Wildman–Crippen LogP) is 3.59. The molecule has 140 valence electrons. The highest BCUT2D eigenvalue weighted by Gasteiger charge is 2.25.